The van der Waals surface area contributed by atoms with Crippen LogP contribution in [0.2, 0.25) is 0 Å². The van der Waals surface area contributed by atoms with E-state index in [2.05, 4.69) is 0 Å². The van der Waals surface area contributed by atoms with Crippen molar-refractivity contribution in [2.45, 2.75) is 29.6 Å². The highest BCUT2D eigenvalue weighted by Crippen LogP contribution is 2.49. The first-order valence-corrected chi connectivity index (χ1v) is 13.5. The molecule has 2 atom stereocenters. The Morgan fingerprint density at radius 2 is 1.45 bits per heavy atom. The van der Waals surface area contributed by atoms with Gasteiger partial charge in [0, 0.05) is 52.3 Å². The normalized spacial score (nSPS) is 20.2. The maximum absolute atomic E-state index is 13.5. The molecular formula is C25H25F6N3O5S. The second-order valence-electron chi connectivity index (χ2n) is 9.75. The third kappa shape index (κ3) is 6.35. The number of sulfonamides is 1. The van der Waals surface area contributed by atoms with Gasteiger partial charge in [-0.05, 0) is 42.2 Å². The van der Waals surface area contributed by atoms with Gasteiger partial charge in [0.15, 0.2) is 0 Å². The van der Waals surface area contributed by atoms with E-state index in [1.165, 1.54) is 31.1 Å². The summed E-state index contributed by atoms with van der Waals surface area (Å²) in [4.78, 5) is 26.5. The van der Waals surface area contributed by atoms with Crippen molar-refractivity contribution >= 4 is 22.0 Å². The highest BCUT2D eigenvalue weighted by atomic mass is 32.2. The molecule has 2 amide bonds. The van der Waals surface area contributed by atoms with Gasteiger partial charge in [-0.15, -0.1) is 0 Å². The van der Waals surface area contributed by atoms with Crippen molar-refractivity contribution in [1.29, 1.82) is 0 Å². The van der Waals surface area contributed by atoms with Crippen molar-refractivity contribution < 1.29 is 49.1 Å². The molecule has 0 spiro atoms. The molecule has 0 N–H and O–H groups in total. The molecule has 1 saturated carbocycles. The van der Waals surface area contributed by atoms with Crippen LogP contribution in [-0.4, -0.2) is 74.8 Å². The van der Waals surface area contributed by atoms with E-state index in [4.69, 9.17) is 4.74 Å². The zero-order valence-electron chi connectivity index (χ0n) is 21.3. The largest absolute Gasteiger partial charge is 0.416 e. The standard InChI is InChI=1S/C25H25F6N3O5S/c1-32(2)23(36)39-18-11-17(25(29,30)31)12-19(13-18)40(37,38)34-9-7-33(8-10-34)22(35)21-14-20(21)15-3-5-16(6-4-15)24(26,27)28/h3-6,11-13,20-21H,7-10,14H2,1-2H3/t20-,21+/m0/s1. The summed E-state index contributed by atoms with van der Waals surface area (Å²) in [5, 5.41) is 0. The summed E-state index contributed by atoms with van der Waals surface area (Å²) in [6, 6.07) is 6.41. The Hall–Kier alpha value is -3.33. The van der Waals surface area contributed by atoms with Gasteiger partial charge in [-0.3, -0.25) is 4.79 Å². The second-order valence-corrected chi connectivity index (χ2v) is 11.7. The monoisotopic (exact) mass is 593 g/mol. The van der Waals surface area contributed by atoms with Crippen molar-refractivity contribution in [2.75, 3.05) is 40.3 Å². The number of rotatable bonds is 5. The van der Waals surface area contributed by atoms with Crippen LogP contribution in [0.25, 0.3) is 0 Å². The molecule has 4 rings (SSSR count). The predicted octanol–water partition coefficient (Wildman–Crippen LogP) is 4.42. The molecule has 1 heterocycles. The Balaban J connectivity index is 1.43. The molecule has 0 bridgehead atoms. The molecule has 0 radical (unpaired) electrons. The van der Waals surface area contributed by atoms with Crippen LogP contribution in [-0.2, 0) is 27.2 Å². The van der Waals surface area contributed by atoms with Crippen LogP contribution < -0.4 is 4.74 Å². The molecule has 15 heteroatoms. The molecule has 2 aromatic rings. The van der Waals surface area contributed by atoms with E-state index >= 15 is 0 Å². The van der Waals surface area contributed by atoms with Gasteiger partial charge >= 0.3 is 18.4 Å². The molecule has 2 fully saturated rings. The van der Waals surface area contributed by atoms with Gasteiger partial charge in [-0.25, -0.2) is 13.2 Å². The highest BCUT2D eigenvalue weighted by molar-refractivity contribution is 7.89. The topological polar surface area (TPSA) is 87.2 Å². The van der Waals surface area contributed by atoms with Gasteiger partial charge in [-0.1, -0.05) is 12.1 Å². The molecule has 218 valence electrons. The number of piperazine rings is 1. The molecule has 0 unspecified atom stereocenters. The van der Waals surface area contributed by atoms with E-state index in [0.29, 0.717) is 24.1 Å². The minimum Gasteiger partial charge on any atom is -0.410 e. The number of carbonyl (C=O) groups is 2. The van der Waals surface area contributed by atoms with Gasteiger partial charge in [0.05, 0.1) is 16.0 Å². The fourth-order valence-electron chi connectivity index (χ4n) is 4.42. The number of hydrogen-bond donors (Lipinski definition) is 0. The van der Waals surface area contributed by atoms with Crippen molar-refractivity contribution in [1.82, 2.24) is 14.1 Å². The number of halogens is 6. The lowest BCUT2D eigenvalue weighted by Gasteiger charge is -2.34. The van der Waals surface area contributed by atoms with Crippen molar-refractivity contribution in [2.24, 2.45) is 5.92 Å². The number of alkyl halides is 6. The van der Waals surface area contributed by atoms with Crippen LogP contribution in [0.4, 0.5) is 31.1 Å². The Morgan fingerprint density at radius 1 is 0.875 bits per heavy atom. The van der Waals surface area contributed by atoms with Crippen molar-refractivity contribution in [3.8, 4) is 5.75 Å². The summed E-state index contributed by atoms with van der Waals surface area (Å²) in [6.07, 6.45) is -9.93. The summed E-state index contributed by atoms with van der Waals surface area (Å²) < 4.78 is 111. The number of ether oxygens (including phenoxy) is 1. The van der Waals surface area contributed by atoms with Gasteiger partial charge in [-0.2, -0.15) is 30.6 Å². The van der Waals surface area contributed by atoms with Crippen LogP contribution in [0.1, 0.15) is 29.0 Å². The second kappa shape index (κ2) is 10.6. The molecule has 40 heavy (non-hydrogen) atoms. The first-order valence-electron chi connectivity index (χ1n) is 12.1. The predicted molar refractivity (Wildman–Crippen MR) is 129 cm³/mol. The molecular weight excluding hydrogens is 568 g/mol. The molecule has 2 aliphatic rings. The zero-order valence-corrected chi connectivity index (χ0v) is 22.1. The molecule has 0 aromatic heterocycles. The lowest BCUT2D eigenvalue weighted by Crippen LogP contribution is -2.51. The fraction of sp³-hybridized carbons (Fsp3) is 0.440. The van der Waals surface area contributed by atoms with E-state index in [0.717, 1.165) is 27.4 Å². The van der Waals surface area contributed by atoms with E-state index in [-0.39, 0.29) is 38.0 Å². The van der Waals surface area contributed by atoms with Crippen LogP contribution in [0.3, 0.4) is 0 Å². The summed E-state index contributed by atoms with van der Waals surface area (Å²) in [5.41, 5.74) is -1.50. The molecule has 1 aliphatic carbocycles. The summed E-state index contributed by atoms with van der Waals surface area (Å²) >= 11 is 0. The Kier molecular flexibility index (Phi) is 7.84. The van der Waals surface area contributed by atoms with Gasteiger partial charge in [0.2, 0.25) is 15.9 Å². The average Bonchev–Trinajstić information content (AvgIpc) is 3.68. The van der Waals surface area contributed by atoms with E-state index in [9.17, 15) is 44.3 Å². The SMILES string of the molecule is CN(C)C(=O)Oc1cc(C(F)(F)F)cc(S(=O)(=O)N2CCN(C(=O)[C@@H]3C[C@H]3c3ccc(C(F)(F)F)cc3)CC2)c1. The number of carbonyl (C=O) groups excluding carboxylic acids is 2. The first-order chi connectivity index (χ1) is 18.5. The molecule has 8 nitrogen and oxygen atoms in total. The van der Waals surface area contributed by atoms with Crippen LogP contribution in [0, 0.1) is 5.92 Å². The lowest BCUT2D eigenvalue weighted by molar-refractivity contribution is -0.138. The molecule has 1 saturated heterocycles. The van der Waals surface area contributed by atoms with Gasteiger partial charge in [0.25, 0.3) is 0 Å². The van der Waals surface area contributed by atoms with E-state index in [1.54, 1.807) is 0 Å². The number of nitrogens with zero attached hydrogens (tertiary/aromatic N) is 3. The minimum absolute atomic E-state index is 0.0181. The van der Waals surface area contributed by atoms with Crippen LogP contribution in [0.15, 0.2) is 47.4 Å². The van der Waals surface area contributed by atoms with Crippen molar-refractivity contribution in [3.63, 3.8) is 0 Å². The summed E-state index contributed by atoms with van der Waals surface area (Å²) in [5.74, 6) is -1.55. The summed E-state index contributed by atoms with van der Waals surface area (Å²) in [7, 11) is -1.83. The average molecular weight is 594 g/mol. The quantitative estimate of drug-likeness (QED) is 0.480. The number of amides is 2. The molecule has 1 aliphatic heterocycles. The van der Waals surface area contributed by atoms with Gasteiger partial charge in [0.1, 0.15) is 5.75 Å². The van der Waals surface area contributed by atoms with Crippen molar-refractivity contribution in [3.05, 3.63) is 59.2 Å². The maximum atomic E-state index is 13.5. The smallest absolute Gasteiger partial charge is 0.410 e. The first kappa shape index (κ1) is 29.6. The minimum atomic E-state index is -4.91. The Labute approximate surface area is 226 Å². The van der Waals surface area contributed by atoms with Crippen LogP contribution in [0.5, 0.6) is 5.75 Å². The third-order valence-corrected chi connectivity index (χ3v) is 8.62. The fourth-order valence-corrected chi connectivity index (χ4v) is 5.91. The highest BCUT2D eigenvalue weighted by Gasteiger charge is 2.47. The van der Waals surface area contributed by atoms with E-state index < -0.39 is 56.2 Å². The number of benzene rings is 2. The zero-order chi connectivity index (χ0) is 29.6. The van der Waals surface area contributed by atoms with Crippen LogP contribution >= 0.6 is 0 Å². The van der Waals surface area contributed by atoms with E-state index in [1.807, 2.05) is 0 Å². The van der Waals surface area contributed by atoms with Gasteiger partial charge < -0.3 is 14.5 Å². The Morgan fingerprint density at radius 3 is 1.98 bits per heavy atom. The lowest BCUT2D eigenvalue weighted by atomic mass is 10.1. The maximum Gasteiger partial charge on any atom is 0.416 e. The third-order valence-electron chi connectivity index (χ3n) is 6.74. The Bertz CT molecular complexity index is 1390. The number of hydrogen-bond acceptors (Lipinski definition) is 5. The summed E-state index contributed by atoms with van der Waals surface area (Å²) in [6.45, 7) is -0.408. The molecule has 2 aromatic carbocycles.